The molecule has 0 aliphatic carbocycles. The van der Waals surface area contributed by atoms with Crippen molar-refractivity contribution in [1.29, 1.82) is 5.26 Å². The van der Waals surface area contributed by atoms with Gasteiger partial charge in [0, 0.05) is 0 Å². The molecule has 0 fully saturated rings. The van der Waals surface area contributed by atoms with E-state index >= 15 is 0 Å². The summed E-state index contributed by atoms with van der Waals surface area (Å²) in [6.45, 7) is 1.96. The van der Waals surface area contributed by atoms with Gasteiger partial charge in [-0.3, -0.25) is 0 Å². The lowest BCUT2D eigenvalue weighted by Crippen LogP contribution is -1.79. The number of nitrogens with zero attached hydrogens (tertiary/aromatic N) is 1. The highest BCUT2D eigenvalue weighted by atomic mass is 35.5. The van der Waals surface area contributed by atoms with E-state index in [0.717, 1.165) is 6.42 Å². The van der Waals surface area contributed by atoms with Gasteiger partial charge in [-0.15, -0.1) is 11.8 Å². The zero-order chi connectivity index (χ0) is 9.56. The van der Waals surface area contributed by atoms with E-state index in [2.05, 4.69) is 0 Å². The molecule has 0 radical (unpaired) electrons. The number of rotatable bonds is 3. The fraction of sp³-hybridized carbons (Fsp3) is 0.375. The molecule has 1 nitrogen and oxygen atoms in total. The quantitative estimate of drug-likeness (QED) is 0.534. The molecular formula is C8H9Cl2NS. The molecule has 0 amide bonds. The summed E-state index contributed by atoms with van der Waals surface area (Å²) in [5.74, 6) is 0. The van der Waals surface area contributed by atoms with Crippen molar-refractivity contribution in [3.63, 3.8) is 0 Å². The van der Waals surface area contributed by atoms with Gasteiger partial charge in [-0.25, -0.2) is 0 Å². The highest BCUT2D eigenvalue weighted by molar-refractivity contribution is 8.02. The van der Waals surface area contributed by atoms with Crippen molar-refractivity contribution in [2.24, 2.45) is 0 Å². The van der Waals surface area contributed by atoms with Gasteiger partial charge in [-0.05, 0) is 12.7 Å². The van der Waals surface area contributed by atoms with Crippen molar-refractivity contribution < 1.29 is 0 Å². The van der Waals surface area contributed by atoms with Crippen molar-refractivity contribution in [3.8, 4) is 6.07 Å². The van der Waals surface area contributed by atoms with Crippen molar-refractivity contribution in [1.82, 2.24) is 0 Å². The Morgan fingerprint density at radius 3 is 2.50 bits per heavy atom. The first kappa shape index (κ1) is 11.9. The Morgan fingerprint density at radius 2 is 2.17 bits per heavy atom. The minimum Gasteiger partial charge on any atom is -0.192 e. The summed E-state index contributed by atoms with van der Waals surface area (Å²) in [6, 6.07) is 1.98. The third kappa shape index (κ3) is 3.53. The number of thioether (sulfide) groups is 1. The molecule has 12 heavy (non-hydrogen) atoms. The van der Waals surface area contributed by atoms with E-state index in [1.807, 2.05) is 13.0 Å². The number of halogens is 2. The summed E-state index contributed by atoms with van der Waals surface area (Å²) in [6.07, 6.45) is 4.37. The topological polar surface area (TPSA) is 23.8 Å². The molecule has 0 aromatic heterocycles. The Kier molecular flexibility index (Phi) is 6.37. The van der Waals surface area contributed by atoms with Gasteiger partial charge in [0.15, 0.2) is 0 Å². The van der Waals surface area contributed by atoms with Crippen LogP contribution in [0.25, 0.3) is 0 Å². The molecule has 0 bridgehead atoms. The summed E-state index contributed by atoms with van der Waals surface area (Å²) in [5.41, 5.74) is 0. The van der Waals surface area contributed by atoms with Gasteiger partial charge in [-0.1, -0.05) is 36.2 Å². The smallest absolute Gasteiger partial charge is 0.108 e. The SMILES string of the molecule is CC/C=C(Cl)/C(Cl)=C(/C#N)SC. The Bertz CT molecular complexity index is 250. The molecule has 0 saturated heterocycles. The van der Waals surface area contributed by atoms with E-state index in [9.17, 15) is 0 Å². The Balaban J connectivity index is 4.77. The molecule has 0 rings (SSSR count). The molecule has 0 heterocycles. The van der Waals surface area contributed by atoms with E-state index in [1.54, 1.807) is 12.3 Å². The van der Waals surface area contributed by atoms with Crippen LogP contribution in [0.2, 0.25) is 0 Å². The van der Waals surface area contributed by atoms with Crippen molar-refractivity contribution in [2.75, 3.05) is 6.26 Å². The van der Waals surface area contributed by atoms with E-state index in [1.165, 1.54) is 11.8 Å². The van der Waals surface area contributed by atoms with Gasteiger partial charge >= 0.3 is 0 Å². The number of allylic oxidation sites excluding steroid dienone is 4. The van der Waals surface area contributed by atoms with Gasteiger partial charge in [0.25, 0.3) is 0 Å². The third-order valence-corrected chi connectivity index (χ3v) is 2.75. The van der Waals surface area contributed by atoms with Crippen LogP contribution in [0.4, 0.5) is 0 Å². The van der Waals surface area contributed by atoms with Crippen LogP contribution >= 0.6 is 35.0 Å². The highest BCUT2D eigenvalue weighted by Gasteiger charge is 2.05. The molecule has 0 aliphatic rings. The third-order valence-electron chi connectivity index (χ3n) is 1.10. The second-order valence-electron chi connectivity index (χ2n) is 1.92. The molecule has 66 valence electrons. The second kappa shape index (κ2) is 6.42. The standard InChI is InChI=1S/C8H9Cl2NS/c1-3-4-6(9)8(10)7(5-11)12-2/h4H,3H2,1-2H3/b6-4-,8-7+. The first-order chi connectivity index (χ1) is 5.67. The van der Waals surface area contributed by atoms with E-state index in [-0.39, 0.29) is 0 Å². The van der Waals surface area contributed by atoms with E-state index < -0.39 is 0 Å². The molecule has 0 aromatic carbocycles. The molecule has 0 aromatic rings. The molecule has 0 spiro atoms. The zero-order valence-corrected chi connectivity index (χ0v) is 9.22. The fourth-order valence-electron chi connectivity index (χ4n) is 0.562. The summed E-state index contributed by atoms with van der Waals surface area (Å²) >= 11 is 12.9. The summed E-state index contributed by atoms with van der Waals surface area (Å²) < 4.78 is 0. The molecule has 4 heteroatoms. The van der Waals surface area contributed by atoms with Gasteiger partial charge < -0.3 is 0 Å². The van der Waals surface area contributed by atoms with Crippen molar-refractivity contribution in [3.05, 3.63) is 21.0 Å². The van der Waals surface area contributed by atoms with E-state index in [0.29, 0.717) is 15.0 Å². The number of hydrogen-bond donors (Lipinski definition) is 0. The average molecular weight is 222 g/mol. The van der Waals surface area contributed by atoms with Crippen LogP contribution in [0.1, 0.15) is 13.3 Å². The van der Waals surface area contributed by atoms with E-state index in [4.69, 9.17) is 28.5 Å². The lowest BCUT2D eigenvalue weighted by atomic mass is 10.4. The molecule has 0 unspecified atom stereocenters. The fourth-order valence-corrected chi connectivity index (χ4v) is 1.60. The van der Waals surface area contributed by atoms with Gasteiger partial charge in [0.05, 0.1) is 10.1 Å². The monoisotopic (exact) mass is 221 g/mol. The van der Waals surface area contributed by atoms with Crippen molar-refractivity contribution in [2.45, 2.75) is 13.3 Å². The minimum atomic E-state index is 0.341. The second-order valence-corrected chi connectivity index (χ2v) is 3.52. The summed E-state index contributed by atoms with van der Waals surface area (Å²) in [7, 11) is 0. The lowest BCUT2D eigenvalue weighted by Gasteiger charge is -1.98. The average Bonchev–Trinajstić information content (AvgIpc) is 2.07. The molecule has 0 aliphatic heterocycles. The molecule has 0 atom stereocenters. The predicted octanol–water partition coefficient (Wildman–Crippen LogP) is 3.86. The molecular weight excluding hydrogens is 213 g/mol. The predicted molar refractivity (Wildman–Crippen MR) is 56.2 cm³/mol. The zero-order valence-electron chi connectivity index (χ0n) is 6.90. The van der Waals surface area contributed by atoms with Gasteiger partial charge in [0.2, 0.25) is 0 Å². The largest absolute Gasteiger partial charge is 0.192 e. The Labute approximate surface area is 87.0 Å². The maximum atomic E-state index is 8.61. The van der Waals surface area contributed by atoms with Crippen LogP contribution in [-0.4, -0.2) is 6.26 Å². The number of hydrogen-bond acceptors (Lipinski definition) is 2. The van der Waals surface area contributed by atoms with Crippen LogP contribution in [0.15, 0.2) is 21.0 Å². The van der Waals surface area contributed by atoms with Crippen LogP contribution in [0.5, 0.6) is 0 Å². The molecule has 0 N–H and O–H groups in total. The van der Waals surface area contributed by atoms with Crippen molar-refractivity contribution >= 4 is 35.0 Å². The van der Waals surface area contributed by atoms with Gasteiger partial charge in [-0.2, -0.15) is 5.26 Å². The van der Waals surface area contributed by atoms with Crippen LogP contribution in [0, 0.1) is 11.3 Å². The maximum Gasteiger partial charge on any atom is 0.108 e. The lowest BCUT2D eigenvalue weighted by molar-refractivity contribution is 1.22. The Morgan fingerprint density at radius 1 is 1.58 bits per heavy atom. The summed E-state index contributed by atoms with van der Waals surface area (Å²) in [4.78, 5) is 0.450. The maximum absolute atomic E-state index is 8.61. The number of nitriles is 1. The normalized spacial score (nSPS) is 13.8. The molecule has 0 saturated carbocycles. The highest BCUT2D eigenvalue weighted by Crippen LogP contribution is 2.27. The van der Waals surface area contributed by atoms with Gasteiger partial charge in [0.1, 0.15) is 11.0 Å². The summed E-state index contributed by atoms with van der Waals surface area (Å²) in [5, 5.41) is 9.40. The first-order valence-electron chi connectivity index (χ1n) is 3.37. The van der Waals surface area contributed by atoms with Crippen LogP contribution < -0.4 is 0 Å². The minimum absolute atomic E-state index is 0.341. The Hall–Kier alpha value is -0.100. The van der Waals surface area contributed by atoms with Crippen LogP contribution in [-0.2, 0) is 0 Å². The first-order valence-corrected chi connectivity index (χ1v) is 5.35. The van der Waals surface area contributed by atoms with Crippen LogP contribution in [0.3, 0.4) is 0 Å².